The molecule has 2 aliphatic heterocycles. The predicted molar refractivity (Wildman–Crippen MR) is 160 cm³/mol. The van der Waals surface area contributed by atoms with Crippen molar-refractivity contribution in [3.05, 3.63) is 99.0 Å². The molecule has 3 aromatic rings. The van der Waals surface area contributed by atoms with Crippen molar-refractivity contribution in [1.82, 2.24) is 9.80 Å². The third-order valence-corrected chi connectivity index (χ3v) is 10.0. The van der Waals surface area contributed by atoms with Crippen molar-refractivity contribution in [2.75, 3.05) is 32.9 Å². The minimum atomic E-state index is -3.26. The van der Waals surface area contributed by atoms with E-state index in [2.05, 4.69) is 11.0 Å². The zero-order valence-electron chi connectivity index (χ0n) is 22.0. The van der Waals surface area contributed by atoms with E-state index in [9.17, 15) is 13.2 Å². The van der Waals surface area contributed by atoms with E-state index < -0.39 is 9.84 Å². The number of hydrogen-bond donors (Lipinski definition) is 0. The van der Waals surface area contributed by atoms with Gasteiger partial charge in [-0.25, -0.2) is 8.42 Å². The Balaban J connectivity index is 0.00000353. The molecule has 0 aliphatic carbocycles. The molecule has 1 fully saturated rings. The minimum Gasteiger partial charge on any atom is -0.334 e. The van der Waals surface area contributed by atoms with E-state index in [0.717, 1.165) is 61.2 Å². The van der Waals surface area contributed by atoms with Crippen LogP contribution in [-0.2, 0) is 9.84 Å². The van der Waals surface area contributed by atoms with Gasteiger partial charge in [-0.05, 0) is 85.8 Å². The summed E-state index contributed by atoms with van der Waals surface area (Å²) >= 11 is 12.7. The monoisotopic (exact) mass is 606 g/mol. The highest BCUT2D eigenvalue weighted by atomic mass is 35.5. The molecule has 5 nitrogen and oxygen atoms in total. The number of benzene rings is 3. The van der Waals surface area contributed by atoms with Crippen LogP contribution < -0.4 is 0 Å². The van der Waals surface area contributed by atoms with Gasteiger partial charge < -0.3 is 9.80 Å². The summed E-state index contributed by atoms with van der Waals surface area (Å²) in [6.07, 6.45) is 3.95. The second-order valence-corrected chi connectivity index (χ2v) is 13.2. The van der Waals surface area contributed by atoms with Crippen molar-refractivity contribution < 1.29 is 13.2 Å². The number of nitrogens with zero attached hydrogens (tertiary/aromatic N) is 2. The number of sulfone groups is 1. The van der Waals surface area contributed by atoms with Crippen molar-refractivity contribution in [3.63, 3.8) is 0 Å². The number of carbonyl (C=O) groups is 1. The first-order valence-electron chi connectivity index (χ1n) is 13.0. The van der Waals surface area contributed by atoms with Gasteiger partial charge in [0, 0.05) is 24.8 Å². The summed E-state index contributed by atoms with van der Waals surface area (Å²) in [4.78, 5) is 17.8. The third-order valence-electron chi connectivity index (χ3n) is 8.10. The van der Waals surface area contributed by atoms with E-state index in [1.165, 1.54) is 6.26 Å². The Kier molecular flexibility index (Phi) is 9.34. The lowest BCUT2D eigenvalue weighted by atomic mass is 9.84. The molecule has 39 heavy (non-hydrogen) atoms. The Bertz CT molecular complexity index is 1460. The lowest BCUT2D eigenvalue weighted by Crippen LogP contribution is -2.36. The van der Waals surface area contributed by atoms with Crippen LogP contribution in [-0.4, -0.2) is 57.1 Å². The summed E-state index contributed by atoms with van der Waals surface area (Å²) in [5, 5.41) is 1.03. The van der Waals surface area contributed by atoms with Crippen molar-refractivity contribution >= 4 is 51.4 Å². The van der Waals surface area contributed by atoms with Gasteiger partial charge in [0.2, 0.25) is 0 Å². The number of likely N-dealkylation sites (tertiary alicyclic amines) is 1. The molecule has 0 spiro atoms. The molecule has 2 heterocycles. The summed E-state index contributed by atoms with van der Waals surface area (Å²) in [7, 11) is -1.39. The van der Waals surface area contributed by atoms with E-state index in [1.807, 2.05) is 60.5 Å². The molecule has 0 aromatic heterocycles. The van der Waals surface area contributed by atoms with Crippen LogP contribution in [0.15, 0.2) is 71.6 Å². The first-order valence-corrected chi connectivity index (χ1v) is 15.6. The average Bonchev–Trinajstić information content (AvgIpc) is 3.16. The first-order chi connectivity index (χ1) is 18.1. The van der Waals surface area contributed by atoms with Gasteiger partial charge in [-0.2, -0.15) is 0 Å². The fourth-order valence-corrected chi connectivity index (χ4v) is 7.45. The molecule has 2 aliphatic rings. The molecule has 0 N–H and O–H groups in total. The van der Waals surface area contributed by atoms with Crippen LogP contribution in [0.25, 0.3) is 0 Å². The van der Waals surface area contributed by atoms with E-state index in [0.29, 0.717) is 14.9 Å². The number of likely N-dealkylation sites (N-methyl/N-ethyl adjacent to an activating group) is 1. The van der Waals surface area contributed by atoms with Gasteiger partial charge in [0.15, 0.2) is 9.84 Å². The molecule has 208 valence electrons. The fourth-order valence-electron chi connectivity index (χ4n) is 6.16. The van der Waals surface area contributed by atoms with E-state index in [4.69, 9.17) is 23.2 Å². The number of amides is 1. The highest BCUT2D eigenvalue weighted by Crippen LogP contribution is 2.45. The van der Waals surface area contributed by atoms with Crippen LogP contribution in [0.1, 0.15) is 64.2 Å². The van der Waals surface area contributed by atoms with Crippen LogP contribution in [0.5, 0.6) is 0 Å². The zero-order chi connectivity index (χ0) is 27.0. The molecule has 0 radical (unpaired) electrons. The number of halogens is 3. The van der Waals surface area contributed by atoms with Gasteiger partial charge >= 0.3 is 0 Å². The maximum absolute atomic E-state index is 13.1. The molecule has 0 saturated carbocycles. The fraction of sp³-hybridized carbons (Fsp3) is 0.367. The quantitative estimate of drug-likeness (QED) is 0.290. The normalized spacial score (nSPS) is 19.0. The largest absolute Gasteiger partial charge is 0.334 e. The maximum atomic E-state index is 13.1. The number of fused-ring (bicyclic) bond motifs is 1. The Morgan fingerprint density at radius 3 is 2.23 bits per heavy atom. The Hall–Kier alpha value is -2.09. The van der Waals surface area contributed by atoms with Crippen LogP contribution >= 0.6 is 35.6 Å². The van der Waals surface area contributed by atoms with Gasteiger partial charge in [-0.3, -0.25) is 4.79 Å². The topological polar surface area (TPSA) is 57.7 Å². The molecular weight excluding hydrogens is 575 g/mol. The lowest BCUT2D eigenvalue weighted by molar-refractivity contribution is 0.0746. The van der Waals surface area contributed by atoms with Crippen molar-refractivity contribution in [1.29, 1.82) is 0 Å². The van der Waals surface area contributed by atoms with E-state index in [-0.39, 0.29) is 36.2 Å². The van der Waals surface area contributed by atoms with Crippen molar-refractivity contribution in [2.45, 2.75) is 42.0 Å². The summed E-state index contributed by atoms with van der Waals surface area (Å²) in [6, 6.07) is 20.9. The van der Waals surface area contributed by atoms with Gasteiger partial charge in [-0.1, -0.05) is 65.7 Å². The predicted octanol–water partition coefficient (Wildman–Crippen LogP) is 7.00. The summed E-state index contributed by atoms with van der Waals surface area (Å²) in [5.41, 5.74) is 3.81. The molecular formula is C30H33Cl3N2O3S. The molecule has 1 saturated heterocycles. The highest BCUT2D eigenvalue weighted by Gasteiger charge is 2.39. The maximum Gasteiger partial charge on any atom is 0.254 e. The number of rotatable bonds is 7. The third kappa shape index (κ3) is 6.15. The van der Waals surface area contributed by atoms with Crippen molar-refractivity contribution in [2.24, 2.45) is 0 Å². The second-order valence-electron chi connectivity index (χ2n) is 10.4. The summed E-state index contributed by atoms with van der Waals surface area (Å²) < 4.78 is 24.6. The number of hydrogen-bond acceptors (Lipinski definition) is 4. The lowest BCUT2D eigenvalue weighted by Gasteiger charge is -2.36. The van der Waals surface area contributed by atoms with Crippen LogP contribution in [0.3, 0.4) is 0 Å². The molecule has 5 rings (SSSR count). The smallest absolute Gasteiger partial charge is 0.254 e. The molecule has 0 bridgehead atoms. The molecule has 0 unspecified atom stereocenters. The van der Waals surface area contributed by atoms with Crippen LogP contribution in [0.4, 0.5) is 0 Å². The second kappa shape index (κ2) is 12.2. The molecule has 3 aromatic carbocycles. The Morgan fingerprint density at radius 1 is 0.923 bits per heavy atom. The molecule has 9 heteroatoms. The number of carbonyl (C=O) groups excluding carboxylic acids is 1. The van der Waals surface area contributed by atoms with E-state index in [1.54, 1.807) is 12.1 Å². The SMILES string of the molecule is CN1C(=O)c2ccccc2[C@H]1[C@@H](CCN1CCC(c2ccccc2S(C)(=O)=O)CC1)c1ccc(Cl)c(Cl)c1.Cl. The van der Waals surface area contributed by atoms with Crippen molar-refractivity contribution in [3.8, 4) is 0 Å². The first kappa shape index (κ1) is 29.9. The zero-order valence-corrected chi connectivity index (χ0v) is 25.2. The van der Waals surface area contributed by atoms with Gasteiger partial charge in [0.25, 0.3) is 5.91 Å². The Labute approximate surface area is 247 Å². The van der Waals surface area contributed by atoms with E-state index >= 15 is 0 Å². The van der Waals surface area contributed by atoms with Gasteiger partial charge in [-0.15, -0.1) is 12.4 Å². The summed E-state index contributed by atoms with van der Waals surface area (Å²) in [6.45, 7) is 2.66. The average molecular weight is 608 g/mol. The standard InChI is InChI=1S/C30H32Cl2N2O3S.ClH/c1-33-29(24-8-3-4-9-25(24)30(33)35)23(21-11-12-26(31)27(32)19-21)15-18-34-16-13-20(14-17-34)22-7-5-6-10-28(22)38(2,36)37;/h3-12,19-20,23,29H,13-18H2,1-2H3;1H/t23-,29+;/m0./s1. The highest BCUT2D eigenvalue weighted by molar-refractivity contribution is 7.90. The summed E-state index contributed by atoms with van der Waals surface area (Å²) in [5.74, 6) is 0.320. The van der Waals surface area contributed by atoms with Crippen LogP contribution in [0.2, 0.25) is 10.0 Å². The van der Waals surface area contributed by atoms with Crippen LogP contribution in [0, 0.1) is 0 Å². The molecule has 1 amide bonds. The number of piperidine rings is 1. The minimum absolute atomic E-state index is 0. The Morgan fingerprint density at radius 2 is 1.56 bits per heavy atom. The van der Waals surface area contributed by atoms with Gasteiger partial charge in [0.05, 0.1) is 21.0 Å². The molecule has 2 atom stereocenters. The van der Waals surface area contributed by atoms with Gasteiger partial charge in [0.1, 0.15) is 0 Å².